The Labute approximate surface area is 135 Å². The van der Waals surface area contributed by atoms with Crippen molar-refractivity contribution in [1.29, 1.82) is 0 Å². The van der Waals surface area contributed by atoms with Gasteiger partial charge in [-0.2, -0.15) is 0 Å². The van der Waals surface area contributed by atoms with E-state index in [1.807, 2.05) is 6.07 Å². The smallest absolute Gasteiger partial charge is 0.0974 e. The molecule has 1 aliphatic carbocycles. The summed E-state index contributed by atoms with van der Waals surface area (Å²) in [4.78, 5) is 2.41. The zero-order valence-electron chi connectivity index (χ0n) is 12.0. The van der Waals surface area contributed by atoms with Crippen LogP contribution in [-0.4, -0.2) is 41.8 Å². The first-order valence-electron chi connectivity index (χ1n) is 7.59. The molecule has 0 spiro atoms. The third kappa shape index (κ3) is 2.95. The molecule has 3 rings (SSSR count). The molecule has 1 aromatic carbocycles. The second-order valence-corrected chi connectivity index (χ2v) is 6.80. The Kier molecular flexibility index (Phi) is 4.77. The molecule has 1 N–H and O–H groups in total. The van der Waals surface area contributed by atoms with Crippen LogP contribution in [0.2, 0.25) is 10.0 Å². The van der Waals surface area contributed by atoms with E-state index in [2.05, 4.69) is 4.90 Å². The maximum absolute atomic E-state index is 11.1. The molecule has 1 atom stereocenters. The molecule has 1 heterocycles. The van der Waals surface area contributed by atoms with Crippen LogP contribution in [0.4, 0.5) is 0 Å². The lowest BCUT2D eigenvalue weighted by Crippen LogP contribution is -2.55. The Balaban J connectivity index is 1.90. The molecule has 0 bridgehead atoms. The average Bonchev–Trinajstić information content (AvgIpc) is 3.01. The van der Waals surface area contributed by atoms with E-state index in [-0.39, 0.29) is 5.54 Å². The molecule has 0 aromatic heterocycles. The lowest BCUT2D eigenvalue weighted by Gasteiger charge is -2.46. The predicted octanol–water partition coefficient (Wildman–Crippen LogP) is 3.67. The summed E-state index contributed by atoms with van der Waals surface area (Å²) in [5.41, 5.74) is 0.679. The van der Waals surface area contributed by atoms with E-state index in [0.29, 0.717) is 10.0 Å². The molecular weight excluding hydrogens is 309 g/mol. The summed E-state index contributed by atoms with van der Waals surface area (Å²) in [7, 11) is 0. The van der Waals surface area contributed by atoms with Crippen LogP contribution < -0.4 is 0 Å². The van der Waals surface area contributed by atoms with Gasteiger partial charge in [0.15, 0.2) is 0 Å². The molecule has 1 aromatic rings. The van der Waals surface area contributed by atoms with Crippen molar-refractivity contribution in [2.45, 2.75) is 37.3 Å². The van der Waals surface area contributed by atoms with Gasteiger partial charge in [0.1, 0.15) is 0 Å². The summed E-state index contributed by atoms with van der Waals surface area (Å²) in [6, 6.07) is 5.46. The van der Waals surface area contributed by atoms with Crippen LogP contribution in [0.1, 0.15) is 37.4 Å². The van der Waals surface area contributed by atoms with E-state index in [4.69, 9.17) is 27.9 Å². The van der Waals surface area contributed by atoms with E-state index in [9.17, 15) is 5.11 Å². The number of halogens is 2. The van der Waals surface area contributed by atoms with Crippen molar-refractivity contribution in [2.75, 3.05) is 26.3 Å². The summed E-state index contributed by atoms with van der Waals surface area (Å²) >= 11 is 12.1. The van der Waals surface area contributed by atoms with Gasteiger partial charge in [-0.3, -0.25) is 4.90 Å². The van der Waals surface area contributed by atoms with Crippen LogP contribution in [0, 0.1) is 0 Å². The highest BCUT2D eigenvalue weighted by Crippen LogP contribution is 2.45. The zero-order chi connectivity index (χ0) is 14.9. The van der Waals surface area contributed by atoms with Gasteiger partial charge < -0.3 is 9.84 Å². The van der Waals surface area contributed by atoms with Gasteiger partial charge in [0.05, 0.1) is 34.9 Å². The van der Waals surface area contributed by atoms with Crippen molar-refractivity contribution in [3.8, 4) is 0 Å². The minimum absolute atomic E-state index is 0.180. The van der Waals surface area contributed by atoms with E-state index < -0.39 is 6.10 Å². The van der Waals surface area contributed by atoms with Gasteiger partial charge in [-0.25, -0.2) is 0 Å². The first kappa shape index (κ1) is 15.6. The van der Waals surface area contributed by atoms with Gasteiger partial charge in [0, 0.05) is 13.1 Å². The molecule has 1 saturated heterocycles. The van der Waals surface area contributed by atoms with Gasteiger partial charge in [0.2, 0.25) is 0 Å². The molecule has 3 nitrogen and oxygen atoms in total. The molecule has 2 fully saturated rings. The molecule has 116 valence electrons. The van der Waals surface area contributed by atoms with Crippen LogP contribution >= 0.6 is 23.2 Å². The number of morpholine rings is 1. The van der Waals surface area contributed by atoms with Gasteiger partial charge >= 0.3 is 0 Å². The monoisotopic (exact) mass is 329 g/mol. The summed E-state index contributed by atoms with van der Waals surface area (Å²) in [5.74, 6) is 0. The summed E-state index contributed by atoms with van der Waals surface area (Å²) < 4.78 is 5.46. The fourth-order valence-corrected chi connectivity index (χ4v) is 4.06. The van der Waals surface area contributed by atoms with Gasteiger partial charge in [-0.1, -0.05) is 42.1 Å². The molecule has 1 aliphatic heterocycles. The van der Waals surface area contributed by atoms with Crippen LogP contribution in [0.3, 0.4) is 0 Å². The number of hydrogen-bond acceptors (Lipinski definition) is 3. The maximum atomic E-state index is 11.1. The lowest BCUT2D eigenvalue weighted by atomic mass is 9.83. The third-order valence-corrected chi connectivity index (χ3v) is 5.62. The minimum Gasteiger partial charge on any atom is -0.386 e. The molecular formula is C16H21Cl2NO2. The fourth-order valence-electron chi connectivity index (χ4n) is 3.75. The van der Waals surface area contributed by atoms with E-state index in [0.717, 1.165) is 57.6 Å². The van der Waals surface area contributed by atoms with Crippen molar-refractivity contribution >= 4 is 23.2 Å². The van der Waals surface area contributed by atoms with Crippen LogP contribution in [-0.2, 0) is 4.74 Å². The number of aliphatic hydroxyl groups is 1. The lowest BCUT2D eigenvalue weighted by molar-refractivity contribution is -0.0774. The van der Waals surface area contributed by atoms with Crippen molar-refractivity contribution in [3.05, 3.63) is 33.8 Å². The number of hydrogen-bond donors (Lipinski definition) is 1. The summed E-state index contributed by atoms with van der Waals surface area (Å²) in [6.07, 6.45) is 3.83. The Hall–Kier alpha value is -0.320. The van der Waals surface area contributed by atoms with E-state index in [1.165, 1.54) is 0 Å². The topological polar surface area (TPSA) is 32.7 Å². The average molecular weight is 330 g/mol. The highest BCUT2D eigenvalue weighted by atomic mass is 35.5. The number of ether oxygens (including phenoxy) is 1. The summed E-state index contributed by atoms with van der Waals surface area (Å²) in [6.45, 7) is 3.27. The second kappa shape index (κ2) is 6.43. The molecule has 0 amide bonds. The number of rotatable bonds is 3. The Bertz CT molecular complexity index is 497. The minimum atomic E-state index is -0.534. The highest BCUT2D eigenvalue weighted by molar-refractivity contribution is 6.42. The molecule has 21 heavy (non-hydrogen) atoms. The van der Waals surface area contributed by atoms with Gasteiger partial charge in [-0.15, -0.1) is 0 Å². The second-order valence-electron chi connectivity index (χ2n) is 5.99. The van der Waals surface area contributed by atoms with Crippen molar-refractivity contribution < 1.29 is 9.84 Å². The number of benzene rings is 1. The summed E-state index contributed by atoms with van der Waals surface area (Å²) in [5, 5.41) is 12.1. The van der Waals surface area contributed by atoms with Crippen molar-refractivity contribution in [3.63, 3.8) is 0 Å². The molecule has 1 unspecified atom stereocenters. The predicted molar refractivity (Wildman–Crippen MR) is 85.0 cm³/mol. The molecule has 5 heteroatoms. The number of nitrogens with zero attached hydrogens (tertiary/aromatic N) is 1. The largest absolute Gasteiger partial charge is 0.386 e. The van der Waals surface area contributed by atoms with Crippen LogP contribution in [0.25, 0.3) is 0 Å². The Morgan fingerprint density at radius 3 is 2.38 bits per heavy atom. The third-order valence-electron chi connectivity index (χ3n) is 4.88. The van der Waals surface area contributed by atoms with Crippen molar-refractivity contribution in [2.24, 2.45) is 0 Å². The highest BCUT2D eigenvalue weighted by Gasteiger charge is 2.46. The van der Waals surface area contributed by atoms with Crippen LogP contribution in [0.5, 0.6) is 0 Å². The molecule has 1 saturated carbocycles. The quantitative estimate of drug-likeness (QED) is 0.918. The standard InChI is InChI=1S/C16H21Cl2NO2/c17-13-4-3-12(11-14(13)18)15(20)16(5-1-2-6-16)19-7-9-21-10-8-19/h3-4,11,15,20H,1-2,5-10H2. The van der Waals surface area contributed by atoms with Gasteiger partial charge in [-0.05, 0) is 30.5 Å². The molecule has 0 radical (unpaired) electrons. The van der Waals surface area contributed by atoms with E-state index >= 15 is 0 Å². The maximum Gasteiger partial charge on any atom is 0.0974 e. The van der Waals surface area contributed by atoms with E-state index in [1.54, 1.807) is 12.1 Å². The molecule has 2 aliphatic rings. The SMILES string of the molecule is OC(c1ccc(Cl)c(Cl)c1)C1(N2CCOCC2)CCCC1. The zero-order valence-corrected chi connectivity index (χ0v) is 13.5. The first-order chi connectivity index (χ1) is 10.1. The van der Waals surface area contributed by atoms with Gasteiger partial charge in [0.25, 0.3) is 0 Å². The Morgan fingerprint density at radius 1 is 1.10 bits per heavy atom. The van der Waals surface area contributed by atoms with Crippen LogP contribution in [0.15, 0.2) is 18.2 Å². The Morgan fingerprint density at radius 2 is 1.76 bits per heavy atom. The fraction of sp³-hybridized carbons (Fsp3) is 0.625. The first-order valence-corrected chi connectivity index (χ1v) is 8.35. The number of aliphatic hydroxyl groups excluding tert-OH is 1. The normalized spacial score (nSPS) is 24.1. The van der Waals surface area contributed by atoms with Crippen molar-refractivity contribution in [1.82, 2.24) is 4.90 Å².